The molecule has 98 valence electrons. The SMILES string of the molecule is Cc1ccc(O)c(C)c1NC(=O)C[C@H]1CCCN1. The maximum atomic E-state index is 12.0. The zero-order valence-electron chi connectivity index (χ0n) is 10.9. The number of carbonyl (C=O) groups excluding carboxylic acids is 1. The van der Waals surface area contributed by atoms with Crippen LogP contribution < -0.4 is 10.6 Å². The molecule has 4 heteroatoms. The van der Waals surface area contributed by atoms with Gasteiger partial charge < -0.3 is 15.7 Å². The standard InChI is InChI=1S/C14H20N2O2/c1-9-5-6-12(17)10(2)14(9)16-13(18)8-11-4-3-7-15-11/h5-6,11,15,17H,3-4,7-8H2,1-2H3,(H,16,18)/t11-/m1/s1. The Hall–Kier alpha value is -1.55. The van der Waals surface area contributed by atoms with Crippen LogP contribution in [0.1, 0.15) is 30.4 Å². The molecular formula is C14H20N2O2. The number of aryl methyl sites for hydroxylation is 1. The molecule has 1 aromatic rings. The molecule has 1 atom stereocenters. The summed E-state index contributed by atoms with van der Waals surface area (Å²) in [6, 6.07) is 3.76. The van der Waals surface area contributed by atoms with Crippen molar-refractivity contribution in [1.29, 1.82) is 0 Å². The van der Waals surface area contributed by atoms with E-state index in [1.54, 1.807) is 6.07 Å². The van der Waals surface area contributed by atoms with Gasteiger partial charge in [-0.3, -0.25) is 4.79 Å². The Morgan fingerprint density at radius 1 is 1.50 bits per heavy atom. The average Bonchev–Trinajstić information content (AvgIpc) is 2.82. The Balaban J connectivity index is 2.04. The van der Waals surface area contributed by atoms with Gasteiger partial charge in [-0.15, -0.1) is 0 Å². The van der Waals surface area contributed by atoms with Crippen LogP contribution in [0.2, 0.25) is 0 Å². The first-order valence-electron chi connectivity index (χ1n) is 6.40. The number of carbonyl (C=O) groups is 1. The van der Waals surface area contributed by atoms with Crippen molar-refractivity contribution in [3.05, 3.63) is 23.3 Å². The molecule has 4 nitrogen and oxygen atoms in total. The van der Waals surface area contributed by atoms with Crippen molar-refractivity contribution >= 4 is 11.6 Å². The van der Waals surface area contributed by atoms with E-state index in [2.05, 4.69) is 10.6 Å². The zero-order chi connectivity index (χ0) is 13.1. The first-order chi connectivity index (χ1) is 8.58. The van der Waals surface area contributed by atoms with Crippen LogP contribution in [0.25, 0.3) is 0 Å². The van der Waals surface area contributed by atoms with Gasteiger partial charge >= 0.3 is 0 Å². The molecule has 1 saturated heterocycles. The van der Waals surface area contributed by atoms with Gasteiger partial charge in [-0.1, -0.05) is 6.07 Å². The lowest BCUT2D eigenvalue weighted by atomic mass is 10.1. The highest BCUT2D eigenvalue weighted by atomic mass is 16.3. The highest BCUT2D eigenvalue weighted by Crippen LogP contribution is 2.28. The highest BCUT2D eigenvalue weighted by Gasteiger charge is 2.18. The van der Waals surface area contributed by atoms with Gasteiger partial charge in [-0.25, -0.2) is 0 Å². The number of phenols is 1. The third kappa shape index (κ3) is 2.82. The lowest BCUT2D eigenvalue weighted by molar-refractivity contribution is -0.116. The Morgan fingerprint density at radius 3 is 2.94 bits per heavy atom. The van der Waals surface area contributed by atoms with Gasteiger partial charge in [0.2, 0.25) is 5.91 Å². The van der Waals surface area contributed by atoms with Crippen molar-refractivity contribution in [2.45, 2.75) is 39.2 Å². The summed E-state index contributed by atoms with van der Waals surface area (Å²) in [5, 5.41) is 15.9. The fourth-order valence-electron chi connectivity index (χ4n) is 2.37. The molecule has 0 bridgehead atoms. The molecule has 1 aromatic carbocycles. The fourth-order valence-corrected chi connectivity index (χ4v) is 2.37. The Bertz CT molecular complexity index is 451. The quantitative estimate of drug-likeness (QED) is 0.767. The molecule has 0 aromatic heterocycles. The molecule has 1 aliphatic rings. The molecule has 0 unspecified atom stereocenters. The van der Waals surface area contributed by atoms with Crippen LogP contribution in [0.5, 0.6) is 5.75 Å². The van der Waals surface area contributed by atoms with E-state index in [1.807, 2.05) is 19.9 Å². The third-order valence-electron chi connectivity index (χ3n) is 3.50. The summed E-state index contributed by atoms with van der Waals surface area (Å²) in [4.78, 5) is 12.0. The number of aromatic hydroxyl groups is 1. The minimum Gasteiger partial charge on any atom is -0.508 e. The van der Waals surface area contributed by atoms with Crippen LogP contribution in [0.3, 0.4) is 0 Å². The minimum atomic E-state index is 0.00574. The number of benzene rings is 1. The molecule has 2 rings (SSSR count). The summed E-state index contributed by atoms with van der Waals surface area (Å²) in [5.41, 5.74) is 2.43. The van der Waals surface area contributed by atoms with Crippen molar-refractivity contribution in [3.8, 4) is 5.75 Å². The van der Waals surface area contributed by atoms with Gasteiger partial charge in [0.05, 0.1) is 5.69 Å². The van der Waals surface area contributed by atoms with Crippen molar-refractivity contribution < 1.29 is 9.90 Å². The maximum absolute atomic E-state index is 12.0. The smallest absolute Gasteiger partial charge is 0.225 e. The molecule has 1 fully saturated rings. The van der Waals surface area contributed by atoms with Crippen molar-refractivity contribution in [2.75, 3.05) is 11.9 Å². The summed E-state index contributed by atoms with van der Waals surface area (Å²) >= 11 is 0. The lowest BCUT2D eigenvalue weighted by Gasteiger charge is -2.14. The topological polar surface area (TPSA) is 61.4 Å². The lowest BCUT2D eigenvalue weighted by Crippen LogP contribution is -2.27. The number of amides is 1. The van der Waals surface area contributed by atoms with Crippen LogP contribution in [0.15, 0.2) is 12.1 Å². The first-order valence-corrected chi connectivity index (χ1v) is 6.40. The molecule has 0 saturated carbocycles. The van der Waals surface area contributed by atoms with Crippen molar-refractivity contribution in [1.82, 2.24) is 5.32 Å². The normalized spacial score (nSPS) is 18.9. The molecule has 0 radical (unpaired) electrons. The van der Waals surface area contributed by atoms with Gasteiger partial charge in [-0.2, -0.15) is 0 Å². The van der Waals surface area contributed by atoms with Crippen LogP contribution >= 0.6 is 0 Å². The van der Waals surface area contributed by atoms with Gasteiger partial charge in [0, 0.05) is 18.0 Å². The van der Waals surface area contributed by atoms with E-state index in [0.717, 1.165) is 36.2 Å². The van der Waals surface area contributed by atoms with E-state index in [9.17, 15) is 9.90 Å². The molecule has 18 heavy (non-hydrogen) atoms. The van der Waals surface area contributed by atoms with Crippen LogP contribution in [0, 0.1) is 13.8 Å². The predicted octanol–water partition coefficient (Wildman–Crippen LogP) is 2.09. The fraction of sp³-hybridized carbons (Fsp3) is 0.500. The molecular weight excluding hydrogens is 228 g/mol. The third-order valence-corrected chi connectivity index (χ3v) is 3.50. The van der Waals surface area contributed by atoms with Gasteiger partial charge in [0.1, 0.15) is 5.75 Å². The van der Waals surface area contributed by atoms with Crippen molar-refractivity contribution in [2.24, 2.45) is 0 Å². The summed E-state index contributed by atoms with van der Waals surface area (Å²) in [6.07, 6.45) is 2.70. The van der Waals surface area contributed by atoms with E-state index < -0.39 is 0 Å². The summed E-state index contributed by atoms with van der Waals surface area (Å²) in [7, 11) is 0. The van der Waals surface area contributed by atoms with Gasteiger partial charge in [0.25, 0.3) is 0 Å². The van der Waals surface area contributed by atoms with Crippen LogP contribution in [-0.4, -0.2) is 23.6 Å². The Kier molecular flexibility index (Phi) is 3.87. The second-order valence-electron chi connectivity index (χ2n) is 4.95. The summed E-state index contributed by atoms with van der Waals surface area (Å²) in [5.74, 6) is 0.223. The summed E-state index contributed by atoms with van der Waals surface area (Å²) in [6.45, 7) is 4.74. The number of hydrogen-bond donors (Lipinski definition) is 3. The number of anilines is 1. The Labute approximate surface area is 107 Å². The molecule has 3 N–H and O–H groups in total. The highest BCUT2D eigenvalue weighted by molar-refractivity contribution is 5.93. The Morgan fingerprint density at radius 2 is 2.28 bits per heavy atom. The number of rotatable bonds is 3. The minimum absolute atomic E-state index is 0.00574. The van der Waals surface area contributed by atoms with Crippen molar-refractivity contribution in [3.63, 3.8) is 0 Å². The molecule has 0 spiro atoms. The zero-order valence-corrected chi connectivity index (χ0v) is 10.9. The first kappa shape index (κ1) is 12.9. The predicted molar refractivity (Wildman–Crippen MR) is 71.9 cm³/mol. The second-order valence-corrected chi connectivity index (χ2v) is 4.95. The average molecular weight is 248 g/mol. The number of hydrogen-bond acceptors (Lipinski definition) is 3. The number of nitrogens with one attached hydrogen (secondary N) is 2. The monoisotopic (exact) mass is 248 g/mol. The van der Waals surface area contributed by atoms with Crippen LogP contribution in [-0.2, 0) is 4.79 Å². The van der Waals surface area contributed by atoms with E-state index in [4.69, 9.17) is 0 Å². The largest absolute Gasteiger partial charge is 0.508 e. The van der Waals surface area contributed by atoms with E-state index in [0.29, 0.717) is 12.5 Å². The van der Waals surface area contributed by atoms with Gasteiger partial charge in [0.15, 0.2) is 0 Å². The number of phenolic OH excluding ortho intramolecular Hbond substituents is 1. The van der Waals surface area contributed by atoms with E-state index >= 15 is 0 Å². The van der Waals surface area contributed by atoms with E-state index in [1.165, 1.54) is 0 Å². The molecule has 1 aliphatic heterocycles. The molecule has 1 amide bonds. The van der Waals surface area contributed by atoms with Crippen LogP contribution in [0.4, 0.5) is 5.69 Å². The maximum Gasteiger partial charge on any atom is 0.225 e. The van der Waals surface area contributed by atoms with Gasteiger partial charge in [-0.05, 0) is 44.9 Å². The van der Waals surface area contributed by atoms with E-state index in [-0.39, 0.29) is 11.7 Å². The molecule has 0 aliphatic carbocycles. The molecule has 1 heterocycles. The second kappa shape index (κ2) is 5.40. The summed E-state index contributed by atoms with van der Waals surface area (Å²) < 4.78 is 0.